The largest absolute Gasteiger partial charge is 0.339 e. The van der Waals surface area contributed by atoms with Gasteiger partial charge < -0.3 is 9.80 Å². The Hall–Kier alpha value is -1.65. The molecule has 5 heteroatoms. The highest BCUT2D eigenvalue weighted by atomic mass is 16.1. The second kappa shape index (κ2) is 4.55. The van der Waals surface area contributed by atoms with Crippen molar-refractivity contribution in [1.29, 1.82) is 0 Å². The number of piperazine rings is 1. The van der Waals surface area contributed by atoms with Crippen molar-refractivity contribution in [2.75, 3.05) is 24.5 Å². The highest BCUT2D eigenvalue weighted by molar-refractivity contribution is 5.49. The van der Waals surface area contributed by atoms with Crippen LogP contribution < -0.4 is 4.90 Å². The minimum Gasteiger partial charge on any atom is -0.339 e. The third-order valence-electron chi connectivity index (χ3n) is 3.80. The number of amides is 1. The van der Waals surface area contributed by atoms with Crippen molar-refractivity contribution < 1.29 is 4.79 Å². The van der Waals surface area contributed by atoms with Crippen molar-refractivity contribution >= 4 is 12.4 Å². The van der Waals surface area contributed by atoms with Crippen LogP contribution in [0.4, 0.5) is 5.95 Å². The maximum Gasteiger partial charge on any atom is 0.225 e. The van der Waals surface area contributed by atoms with Gasteiger partial charge in [-0.15, -0.1) is 0 Å². The van der Waals surface area contributed by atoms with Gasteiger partial charge in [-0.25, -0.2) is 9.97 Å². The summed E-state index contributed by atoms with van der Waals surface area (Å²) >= 11 is 0. The lowest BCUT2D eigenvalue weighted by Crippen LogP contribution is -2.51. The lowest BCUT2D eigenvalue weighted by Gasteiger charge is -2.37. The highest BCUT2D eigenvalue weighted by Crippen LogP contribution is 2.39. The molecule has 1 amide bonds. The fraction of sp³-hybridized carbons (Fsp3) is 0.615. The monoisotopic (exact) mass is 246 g/mol. The Morgan fingerprint density at radius 3 is 2.56 bits per heavy atom. The number of hydrogen-bond acceptors (Lipinski definition) is 4. The Morgan fingerprint density at radius 1 is 1.28 bits per heavy atom. The van der Waals surface area contributed by atoms with Gasteiger partial charge in [-0.05, 0) is 31.2 Å². The molecule has 5 nitrogen and oxygen atoms in total. The summed E-state index contributed by atoms with van der Waals surface area (Å²) in [6.07, 6.45) is 7.39. The van der Waals surface area contributed by atoms with Crippen LogP contribution in [0.3, 0.4) is 0 Å². The third-order valence-corrected chi connectivity index (χ3v) is 3.80. The molecule has 0 N–H and O–H groups in total. The number of rotatable bonds is 3. The standard InChI is InChI=1S/C13H18N4O/c1-10-8-16(4-5-17(10)9-18)13-14-6-12(7-15-13)11-2-3-11/h6-7,9-11H,2-5,8H2,1H3. The number of carbonyl (C=O) groups is 1. The van der Waals surface area contributed by atoms with Crippen molar-refractivity contribution in [3.05, 3.63) is 18.0 Å². The Balaban J connectivity index is 1.69. The van der Waals surface area contributed by atoms with Gasteiger partial charge in [0.2, 0.25) is 12.4 Å². The summed E-state index contributed by atoms with van der Waals surface area (Å²) in [4.78, 5) is 23.7. The summed E-state index contributed by atoms with van der Waals surface area (Å²) in [6.45, 7) is 4.42. The van der Waals surface area contributed by atoms with E-state index >= 15 is 0 Å². The van der Waals surface area contributed by atoms with Crippen LogP contribution in [0.5, 0.6) is 0 Å². The number of hydrogen-bond donors (Lipinski definition) is 0. The molecule has 0 bridgehead atoms. The molecule has 1 aromatic rings. The van der Waals surface area contributed by atoms with E-state index in [1.165, 1.54) is 18.4 Å². The second-order valence-corrected chi connectivity index (χ2v) is 5.23. The second-order valence-electron chi connectivity index (χ2n) is 5.23. The van der Waals surface area contributed by atoms with E-state index in [2.05, 4.69) is 21.8 Å². The van der Waals surface area contributed by atoms with E-state index in [1.807, 2.05) is 17.3 Å². The fourth-order valence-electron chi connectivity index (χ4n) is 2.43. The first-order chi connectivity index (χ1) is 8.78. The molecule has 2 heterocycles. The summed E-state index contributed by atoms with van der Waals surface area (Å²) in [6, 6.07) is 0.225. The molecule has 1 atom stereocenters. The molecular weight excluding hydrogens is 228 g/mol. The van der Waals surface area contributed by atoms with Crippen LogP contribution in [0.2, 0.25) is 0 Å². The molecule has 2 fully saturated rings. The Labute approximate surface area is 107 Å². The maximum absolute atomic E-state index is 10.8. The number of carbonyl (C=O) groups excluding carboxylic acids is 1. The zero-order chi connectivity index (χ0) is 12.5. The molecule has 1 saturated carbocycles. The van der Waals surface area contributed by atoms with E-state index in [0.717, 1.165) is 32.0 Å². The fourth-order valence-corrected chi connectivity index (χ4v) is 2.43. The molecule has 18 heavy (non-hydrogen) atoms. The highest BCUT2D eigenvalue weighted by Gasteiger charge is 2.26. The van der Waals surface area contributed by atoms with E-state index in [0.29, 0.717) is 5.92 Å². The predicted octanol–water partition coefficient (Wildman–Crippen LogP) is 1.02. The van der Waals surface area contributed by atoms with Gasteiger partial charge in [0, 0.05) is 38.1 Å². The summed E-state index contributed by atoms with van der Waals surface area (Å²) in [5.74, 6) is 1.49. The molecule has 2 aliphatic rings. The summed E-state index contributed by atoms with van der Waals surface area (Å²) in [5, 5.41) is 0. The SMILES string of the molecule is CC1CN(c2ncc(C3CC3)cn2)CCN1C=O. The zero-order valence-electron chi connectivity index (χ0n) is 10.6. The molecule has 1 aliphatic carbocycles. The third kappa shape index (κ3) is 2.17. The maximum atomic E-state index is 10.8. The van der Waals surface area contributed by atoms with Crippen molar-refractivity contribution in [2.45, 2.75) is 31.7 Å². The van der Waals surface area contributed by atoms with E-state index < -0.39 is 0 Å². The van der Waals surface area contributed by atoms with Crippen molar-refractivity contribution in [1.82, 2.24) is 14.9 Å². The van der Waals surface area contributed by atoms with Gasteiger partial charge in [0.15, 0.2) is 0 Å². The summed E-state index contributed by atoms with van der Waals surface area (Å²) in [7, 11) is 0. The van der Waals surface area contributed by atoms with Crippen LogP contribution in [-0.4, -0.2) is 47.0 Å². The number of nitrogens with zero attached hydrogens (tertiary/aromatic N) is 4. The van der Waals surface area contributed by atoms with E-state index in [-0.39, 0.29) is 6.04 Å². The molecule has 1 saturated heterocycles. The van der Waals surface area contributed by atoms with Gasteiger partial charge in [0.1, 0.15) is 0 Å². The minimum absolute atomic E-state index is 0.225. The summed E-state index contributed by atoms with van der Waals surface area (Å²) < 4.78 is 0. The molecule has 96 valence electrons. The van der Waals surface area contributed by atoms with Gasteiger partial charge in [-0.3, -0.25) is 4.79 Å². The lowest BCUT2D eigenvalue weighted by atomic mass is 10.2. The van der Waals surface area contributed by atoms with Gasteiger partial charge >= 0.3 is 0 Å². The first-order valence-electron chi connectivity index (χ1n) is 6.56. The van der Waals surface area contributed by atoms with E-state index in [9.17, 15) is 4.79 Å². The molecule has 0 radical (unpaired) electrons. The van der Waals surface area contributed by atoms with Crippen LogP contribution >= 0.6 is 0 Å². The van der Waals surface area contributed by atoms with Crippen molar-refractivity contribution in [2.24, 2.45) is 0 Å². The van der Waals surface area contributed by atoms with Gasteiger partial charge in [-0.2, -0.15) is 0 Å². The van der Waals surface area contributed by atoms with Gasteiger partial charge in [0.05, 0.1) is 0 Å². The molecule has 1 aromatic heterocycles. The topological polar surface area (TPSA) is 49.3 Å². The first kappa shape index (κ1) is 11.4. The van der Waals surface area contributed by atoms with Crippen LogP contribution in [-0.2, 0) is 4.79 Å². The van der Waals surface area contributed by atoms with Crippen molar-refractivity contribution in [3.63, 3.8) is 0 Å². The van der Waals surface area contributed by atoms with Crippen molar-refractivity contribution in [3.8, 4) is 0 Å². The minimum atomic E-state index is 0.225. The predicted molar refractivity (Wildman–Crippen MR) is 68.5 cm³/mol. The Morgan fingerprint density at radius 2 is 2.00 bits per heavy atom. The average Bonchev–Trinajstić information content (AvgIpc) is 3.23. The van der Waals surface area contributed by atoms with Crippen LogP contribution in [0.15, 0.2) is 12.4 Å². The molecule has 3 rings (SSSR count). The van der Waals surface area contributed by atoms with E-state index in [4.69, 9.17) is 0 Å². The molecule has 1 unspecified atom stereocenters. The smallest absolute Gasteiger partial charge is 0.225 e. The molecular formula is C13H18N4O. The zero-order valence-corrected chi connectivity index (χ0v) is 10.6. The first-order valence-corrected chi connectivity index (χ1v) is 6.56. The van der Waals surface area contributed by atoms with Gasteiger partial charge in [0.25, 0.3) is 0 Å². The molecule has 0 aromatic carbocycles. The number of aromatic nitrogens is 2. The van der Waals surface area contributed by atoms with Crippen LogP contribution in [0.1, 0.15) is 31.2 Å². The molecule has 0 spiro atoms. The van der Waals surface area contributed by atoms with Gasteiger partial charge in [-0.1, -0.05) is 0 Å². The van der Waals surface area contributed by atoms with E-state index in [1.54, 1.807) is 0 Å². The number of anilines is 1. The normalized spacial score (nSPS) is 24.2. The van der Waals surface area contributed by atoms with Crippen LogP contribution in [0, 0.1) is 0 Å². The Kier molecular flexibility index (Phi) is 2.89. The Bertz CT molecular complexity index is 429. The quantitative estimate of drug-likeness (QED) is 0.747. The van der Waals surface area contributed by atoms with Crippen LogP contribution in [0.25, 0.3) is 0 Å². The molecule has 1 aliphatic heterocycles. The lowest BCUT2D eigenvalue weighted by molar-refractivity contribution is -0.120. The average molecular weight is 246 g/mol. The summed E-state index contributed by atoms with van der Waals surface area (Å²) in [5.41, 5.74) is 1.26.